The van der Waals surface area contributed by atoms with E-state index in [1.54, 1.807) is 0 Å². The third-order valence-electron chi connectivity index (χ3n) is 2.76. The van der Waals surface area contributed by atoms with Gasteiger partial charge in [-0.15, -0.1) is 0 Å². The summed E-state index contributed by atoms with van der Waals surface area (Å²) in [6.45, 7) is 6.97. The Balaban J connectivity index is 3.57. The topological polar surface area (TPSA) is 64.3 Å². The normalized spacial score (nSPS) is 12.4. The number of carbonyl (C=O) groups excluding carboxylic acids is 1. The van der Waals surface area contributed by atoms with E-state index < -0.39 is 0 Å². The molecule has 4 heteroatoms. The van der Waals surface area contributed by atoms with Crippen molar-refractivity contribution in [2.45, 2.75) is 46.0 Å². The van der Waals surface area contributed by atoms with Gasteiger partial charge in [0.15, 0.2) is 0 Å². The Hall–Kier alpha value is -0.610. The number of rotatable bonds is 11. The van der Waals surface area contributed by atoms with Crippen LogP contribution in [0.25, 0.3) is 0 Å². The fourth-order valence-electron chi connectivity index (χ4n) is 1.82. The zero-order valence-corrected chi connectivity index (χ0v) is 11.3. The summed E-state index contributed by atoms with van der Waals surface area (Å²) >= 11 is 0. The van der Waals surface area contributed by atoms with Crippen LogP contribution in [-0.4, -0.2) is 32.2 Å². The molecule has 0 aromatic carbocycles. The zero-order chi connectivity index (χ0) is 12.9. The molecule has 17 heavy (non-hydrogen) atoms. The van der Waals surface area contributed by atoms with Crippen LogP contribution >= 0.6 is 0 Å². The smallest absolute Gasteiger partial charge is 0.220 e. The summed E-state index contributed by atoms with van der Waals surface area (Å²) < 4.78 is 5.19. The third-order valence-corrected chi connectivity index (χ3v) is 2.76. The van der Waals surface area contributed by atoms with Gasteiger partial charge in [0.2, 0.25) is 5.91 Å². The quantitative estimate of drug-likeness (QED) is 0.544. The van der Waals surface area contributed by atoms with Gasteiger partial charge < -0.3 is 15.8 Å². The molecule has 102 valence electrons. The largest absolute Gasteiger partial charge is 0.382 e. The first kappa shape index (κ1) is 16.4. The molecule has 0 spiro atoms. The van der Waals surface area contributed by atoms with E-state index in [1.165, 1.54) is 0 Å². The molecule has 4 nitrogen and oxygen atoms in total. The molecule has 0 aliphatic rings. The minimum atomic E-state index is 0.128. The number of hydrogen-bond acceptors (Lipinski definition) is 3. The third kappa shape index (κ3) is 10.3. The van der Waals surface area contributed by atoms with E-state index in [2.05, 4.69) is 12.2 Å². The van der Waals surface area contributed by atoms with Crippen molar-refractivity contribution in [1.82, 2.24) is 5.32 Å². The van der Waals surface area contributed by atoms with E-state index in [9.17, 15) is 4.79 Å². The van der Waals surface area contributed by atoms with Gasteiger partial charge in [-0.3, -0.25) is 4.79 Å². The number of hydrogen-bond donors (Lipinski definition) is 2. The van der Waals surface area contributed by atoms with Gasteiger partial charge in [0.1, 0.15) is 0 Å². The minimum Gasteiger partial charge on any atom is -0.382 e. The van der Waals surface area contributed by atoms with Gasteiger partial charge in [-0.05, 0) is 38.6 Å². The number of carbonyl (C=O) groups is 1. The van der Waals surface area contributed by atoms with Gasteiger partial charge in [0, 0.05) is 26.2 Å². The lowest BCUT2D eigenvalue weighted by Gasteiger charge is -2.15. The zero-order valence-electron chi connectivity index (χ0n) is 11.3. The van der Waals surface area contributed by atoms with Crippen LogP contribution in [0.1, 0.15) is 46.0 Å². The van der Waals surface area contributed by atoms with Crippen LogP contribution in [-0.2, 0) is 9.53 Å². The lowest BCUT2D eigenvalue weighted by atomic mass is 10.00. The van der Waals surface area contributed by atoms with E-state index in [4.69, 9.17) is 10.5 Å². The first-order valence-corrected chi connectivity index (χ1v) is 6.79. The van der Waals surface area contributed by atoms with Gasteiger partial charge >= 0.3 is 0 Å². The van der Waals surface area contributed by atoms with E-state index in [1.807, 2.05) is 6.92 Å². The molecule has 0 aliphatic heterocycles. The molecule has 0 saturated heterocycles. The van der Waals surface area contributed by atoms with Crippen molar-refractivity contribution in [3.8, 4) is 0 Å². The standard InChI is InChI=1S/C13H28N2O2/c1-3-6-12(8-9-14)11-15-13(16)7-5-10-17-4-2/h12H,3-11,14H2,1-2H3,(H,15,16). The molecule has 0 aliphatic carbocycles. The Morgan fingerprint density at radius 1 is 1.35 bits per heavy atom. The summed E-state index contributed by atoms with van der Waals surface area (Å²) in [7, 11) is 0. The number of nitrogens with two attached hydrogens (primary N) is 1. The molecule has 0 aromatic rings. The van der Waals surface area contributed by atoms with Gasteiger partial charge in [-0.2, -0.15) is 0 Å². The highest BCUT2D eigenvalue weighted by Gasteiger charge is 2.08. The Kier molecular flexibility index (Phi) is 11.4. The minimum absolute atomic E-state index is 0.128. The number of ether oxygens (including phenoxy) is 1. The summed E-state index contributed by atoms with van der Waals surface area (Å²) in [5.41, 5.74) is 5.55. The summed E-state index contributed by atoms with van der Waals surface area (Å²) in [6.07, 6.45) is 4.63. The Morgan fingerprint density at radius 3 is 2.71 bits per heavy atom. The fourth-order valence-corrected chi connectivity index (χ4v) is 1.82. The van der Waals surface area contributed by atoms with Gasteiger partial charge in [-0.1, -0.05) is 13.3 Å². The Bertz CT molecular complexity index is 180. The van der Waals surface area contributed by atoms with E-state index >= 15 is 0 Å². The highest BCUT2D eigenvalue weighted by atomic mass is 16.5. The summed E-state index contributed by atoms with van der Waals surface area (Å²) in [6, 6.07) is 0. The first-order valence-electron chi connectivity index (χ1n) is 6.79. The monoisotopic (exact) mass is 244 g/mol. The molecule has 0 fully saturated rings. The van der Waals surface area contributed by atoms with Crippen LogP contribution in [0.15, 0.2) is 0 Å². The van der Waals surface area contributed by atoms with Crippen LogP contribution in [0.5, 0.6) is 0 Å². The lowest BCUT2D eigenvalue weighted by Crippen LogP contribution is -2.30. The second-order valence-corrected chi connectivity index (χ2v) is 4.34. The van der Waals surface area contributed by atoms with Crippen molar-refractivity contribution < 1.29 is 9.53 Å². The number of nitrogens with one attached hydrogen (secondary N) is 1. The van der Waals surface area contributed by atoms with E-state index in [-0.39, 0.29) is 5.91 Å². The SMILES string of the molecule is CCCC(CCN)CNC(=O)CCCOCC. The molecule has 0 bridgehead atoms. The van der Waals surface area contributed by atoms with Crippen molar-refractivity contribution in [3.05, 3.63) is 0 Å². The van der Waals surface area contributed by atoms with Crippen LogP contribution in [0.2, 0.25) is 0 Å². The molecule has 0 rings (SSSR count). The molecular weight excluding hydrogens is 216 g/mol. The Labute approximate surface area is 105 Å². The van der Waals surface area contributed by atoms with Crippen molar-refractivity contribution in [3.63, 3.8) is 0 Å². The predicted molar refractivity (Wildman–Crippen MR) is 70.8 cm³/mol. The lowest BCUT2D eigenvalue weighted by molar-refractivity contribution is -0.121. The highest BCUT2D eigenvalue weighted by molar-refractivity contribution is 5.75. The van der Waals surface area contributed by atoms with Crippen molar-refractivity contribution >= 4 is 5.91 Å². The van der Waals surface area contributed by atoms with Crippen LogP contribution in [0, 0.1) is 5.92 Å². The molecular formula is C13H28N2O2. The van der Waals surface area contributed by atoms with Crippen molar-refractivity contribution in [2.24, 2.45) is 11.7 Å². The Morgan fingerprint density at radius 2 is 2.12 bits per heavy atom. The molecule has 3 N–H and O–H groups in total. The van der Waals surface area contributed by atoms with Gasteiger partial charge in [0.05, 0.1) is 0 Å². The summed E-state index contributed by atoms with van der Waals surface area (Å²) in [5, 5.41) is 2.98. The summed E-state index contributed by atoms with van der Waals surface area (Å²) in [5.74, 6) is 0.656. The molecule has 0 aromatic heterocycles. The predicted octanol–water partition coefficient (Wildman–Crippen LogP) is 1.68. The number of amides is 1. The van der Waals surface area contributed by atoms with Crippen molar-refractivity contribution in [1.29, 1.82) is 0 Å². The average Bonchev–Trinajstić information content (AvgIpc) is 2.32. The molecule has 0 radical (unpaired) electrons. The molecule has 0 heterocycles. The van der Waals surface area contributed by atoms with Gasteiger partial charge in [-0.25, -0.2) is 0 Å². The maximum Gasteiger partial charge on any atom is 0.220 e. The fraction of sp³-hybridized carbons (Fsp3) is 0.923. The van der Waals surface area contributed by atoms with Crippen molar-refractivity contribution in [2.75, 3.05) is 26.3 Å². The highest BCUT2D eigenvalue weighted by Crippen LogP contribution is 2.08. The molecule has 1 unspecified atom stereocenters. The molecule has 1 amide bonds. The van der Waals surface area contributed by atoms with Crippen LogP contribution < -0.4 is 11.1 Å². The second kappa shape index (κ2) is 11.9. The van der Waals surface area contributed by atoms with E-state index in [0.29, 0.717) is 25.5 Å². The summed E-state index contributed by atoms with van der Waals surface area (Å²) in [4.78, 5) is 11.5. The molecule has 0 saturated carbocycles. The van der Waals surface area contributed by atoms with Crippen LogP contribution in [0.4, 0.5) is 0 Å². The second-order valence-electron chi connectivity index (χ2n) is 4.34. The van der Waals surface area contributed by atoms with Gasteiger partial charge in [0.25, 0.3) is 0 Å². The average molecular weight is 244 g/mol. The first-order chi connectivity index (χ1) is 8.24. The molecule has 1 atom stereocenters. The van der Waals surface area contributed by atoms with Crippen LogP contribution in [0.3, 0.4) is 0 Å². The maximum absolute atomic E-state index is 11.5. The maximum atomic E-state index is 11.5. The van der Waals surface area contributed by atoms with E-state index in [0.717, 1.165) is 38.8 Å².